The minimum Gasteiger partial charge on any atom is -0.467 e. The van der Waals surface area contributed by atoms with Gasteiger partial charge in [0.25, 0.3) is 11.8 Å². The molecule has 25 heavy (non-hydrogen) atoms. The lowest BCUT2D eigenvalue weighted by molar-refractivity contribution is 0.0946. The van der Waals surface area contributed by atoms with Gasteiger partial charge in [-0.15, -0.1) is 0 Å². The number of nitrogens with one attached hydrogen (secondary N) is 2. The van der Waals surface area contributed by atoms with E-state index in [9.17, 15) is 9.59 Å². The highest BCUT2D eigenvalue weighted by atomic mass is 16.3. The van der Waals surface area contributed by atoms with E-state index >= 15 is 0 Å². The first-order valence-electron chi connectivity index (χ1n) is 7.90. The number of anilines is 1. The molecule has 2 aromatic carbocycles. The lowest BCUT2D eigenvalue weighted by Crippen LogP contribution is -2.22. The zero-order valence-corrected chi connectivity index (χ0v) is 13.8. The summed E-state index contributed by atoms with van der Waals surface area (Å²) in [5, 5.41) is 5.60. The summed E-state index contributed by atoms with van der Waals surface area (Å²) in [4.78, 5) is 24.4. The van der Waals surface area contributed by atoms with E-state index in [0.717, 1.165) is 11.3 Å². The van der Waals surface area contributed by atoms with Gasteiger partial charge in [0.1, 0.15) is 5.76 Å². The Morgan fingerprint density at radius 2 is 1.64 bits per heavy atom. The average molecular weight is 334 g/mol. The molecule has 0 saturated heterocycles. The fourth-order valence-electron chi connectivity index (χ4n) is 2.38. The summed E-state index contributed by atoms with van der Waals surface area (Å²) in [7, 11) is 0. The number of carbonyl (C=O) groups is 2. The average Bonchev–Trinajstić information content (AvgIpc) is 3.13. The maximum atomic E-state index is 12.3. The monoisotopic (exact) mass is 334 g/mol. The first-order valence-corrected chi connectivity index (χ1v) is 7.90. The van der Waals surface area contributed by atoms with Crippen molar-refractivity contribution in [2.45, 2.75) is 13.5 Å². The standard InChI is InChI=1S/C20H18N2O3/c1-14-4-2-5-17(12-14)22-20(24)16-9-7-15(8-10-16)19(23)21-13-18-6-3-11-25-18/h2-12H,13H2,1H3,(H,21,23)(H,22,24). The Balaban J connectivity index is 1.61. The second-order valence-corrected chi connectivity index (χ2v) is 5.66. The number of hydrogen-bond acceptors (Lipinski definition) is 3. The second-order valence-electron chi connectivity index (χ2n) is 5.66. The predicted molar refractivity (Wildman–Crippen MR) is 95.5 cm³/mol. The number of benzene rings is 2. The van der Waals surface area contributed by atoms with Gasteiger partial charge in [0.15, 0.2) is 0 Å². The Bertz CT molecular complexity index is 868. The van der Waals surface area contributed by atoms with Gasteiger partial charge in [0, 0.05) is 16.8 Å². The smallest absolute Gasteiger partial charge is 0.255 e. The molecular formula is C20H18N2O3. The minimum absolute atomic E-state index is 0.215. The maximum Gasteiger partial charge on any atom is 0.255 e. The number of carbonyl (C=O) groups excluding carboxylic acids is 2. The first kappa shape index (κ1) is 16.5. The third-order valence-corrected chi connectivity index (χ3v) is 3.69. The van der Waals surface area contributed by atoms with Gasteiger partial charge in [-0.25, -0.2) is 0 Å². The highest BCUT2D eigenvalue weighted by Crippen LogP contribution is 2.12. The normalized spacial score (nSPS) is 10.3. The number of furan rings is 1. The van der Waals surface area contributed by atoms with Gasteiger partial charge in [-0.05, 0) is 61.0 Å². The van der Waals surface area contributed by atoms with Gasteiger partial charge >= 0.3 is 0 Å². The highest BCUT2D eigenvalue weighted by Gasteiger charge is 2.10. The van der Waals surface area contributed by atoms with Gasteiger partial charge in [0.05, 0.1) is 12.8 Å². The predicted octanol–water partition coefficient (Wildman–Crippen LogP) is 3.77. The second kappa shape index (κ2) is 7.49. The molecule has 0 aliphatic rings. The molecular weight excluding hydrogens is 316 g/mol. The highest BCUT2D eigenvalue weighted by molar-refractivity contribution is 6.05. The topological polar surface area (TPSA) is 71.3 Å². The quantitative estimate of drug-likeness (QED) is 0.746. The van der Waals surface area contributed by atoms with Crippen LogP contribution < -0.4 is 10.6 Å². The third-order valence-electron chi connectivity index (χ3n) is 3.69. The number of amides is 2. The Hall–Kier alpha value is -3.34. The van der Waals surface area contributed by atoms with E-state index in [1.807, 2.05) is 31.2 Å². The van der Waals surface area contributed by atoms with Gasteiger partial charge in [-0.3, -0.25) is 9.59 Å². The van der Waals surface area contributed by atoms with E-state index in [1.54, 1.807) is 42.7 Å². The zero-order chi connectivity index (χ0) is 17.6. The Kier molecular flexibility index (Phi) is 4.95. The summed E-state index contributed by atoms with van der Waals surface area (Å²) in [6.07, 6.45) is 1.56. The van der Waals surface area contributed by atoms with Crippen LogP contribution >= 0.6 is 0 Å². The molecule has 3 aromatic rings. The third kappa shape index (κ3) is 4.35. The number of hydrogen-bond donors (Lipinski definition) is 2. The molecule has 0 spiro atoms. The van der Waals surface area contributed by atoms with Crippen molar-refractivity contribution in [3.05, 3.63) is 89.4 Å². The molecule has 0 fully saturated rings. The summed E-state index contributed by atoms with van der Waals surface area (Å²) in [5.41, 5.74) is 2.79. The molecule has 2 N–H and O–H groups in total. The molecule has 0 atom stereocenters. The lowest BCUT2D eigenvalue weighted by atomic mass is 10.1. The maximum absolute atomic E-state index is 12.3. The molecule has 0 aliphatic carbocycles. The molecule has 3 rings (SSSR count). The van der Waals surface area contributed by atoms with Crippen LogP contribution in [0.5, 0.6) is 0 Å². The molecule has 0 saturated carbocycles. The van der Waals surface area contributed by atoms with Crippen molar-refractivity contribution < 1.29 is 14.0 Å². The van der Waals surface area contributed by atoms with E-state index in [1.165, 1.54) is 0 Å². The van der Waals surface area contributed by atoms with Crippen LogP contribution in [0.1, 0.15) is 32.0 Å². The van der Waals surface area contributed by atoms with E-state index < -0.39 is 0 Å². The Labute approximate surface area is 145 Å². The summed E-state index contributed by atoms with van der Waals surface area (Å²) < 4.78 is 5.17. The van der Waals surface area contributed by atoms with Gasteiger partial charge < -0.3 is 15.1 Å². The van der Waals surface area contributed by atoms with Crippen LogP contribution in [0.3, 0.4) is 0 Å². The molecule has 1 heterocycles. The van der Waals surface area contributed by atoms with Crippen molar-refractivity contribution in [3.63, 3.8) is 0 Å². The minimum atomic E-state index is -0.220. The van der Waals surface area contributed by atoms with E-state index in [4.69, 9.17) is 4.42 Å². The largest absolute Gasteiger partial charge is 0.467 e. The summed E-state index contributed by atoms with van der Waals surface area (Å²) in [5.74, 6) is 0.248. The summed E-state index contributed by atoms with van der Waals surface area (Å²) in [6, 6.07) is 17.7. The number of aryl methyl sites for hydroxylation is 1. The van der Waals surface area contributed by atoms with Crippen LogP contribution in [0.4, 0.5) is 5.69 Å². The van der Waals surface area contributed by atoms with Crippen molar-refractivity contribution in [1.82, 2.24) is 5.32 Å². The summed E-state index contributed by atoms with van der Waals surface area (Å²) in [6.45, 7) is 2.28. The van der Waals surface area contributed by atoms with Crippen molar-refractivity contribution in [2.75, 3.05) is 5.32 Å². The van der Waals surface area contributed by atoms with Crippen molar-refractivity contribution >= 4 is 17.5 Å². The molecule has 0 bridgehead atoms. The molecule has 2 amide bonds. The fraction of sp³-hybridized carbons (Fsp3) is 0.100. The van der Waals surface area contributed by atoms with Crippen LogP contribution in [0.25, 0.3) is 0 Å². The van der Waals surface area contributed by atoms with Crippen LogP contribution in [-0.2, 0) is 6.54 Å². The van der Waals surface area contributed by atoms with E-state index in [-0.39, 0.29) is 11.8 Å². The Morgan fingerprint density at radius 1 is 0.920 bits per heavy atom. The van der Waals surface area contributed by atoms with Crippen molar-refractivity contribution in [1.29, 1.82) is 0 Å². The van der Waals surface area contributed by atoms with Gasteiger partial charge in [-0.1, -0.05) is 12.1 Å². The number of rotatable bonds is 5. The van der Waals surface area contributed by atoms with Crippen molar-refractivity contribution in [3.8, 4) is 0 Å². The fourth-order valence-corrected chi connectivity index (χ4v) is 2.38. The van der Waals surface area contributed by atoms with Crippen LogP contribution in [0.2, 0.25) is 0 Å². The van der Waals surface area contributed by atoms with Gasteiger partial charge in [0.2, 0.25) is 0 Å². The SMILES string of the molecule is Cc1cccc(NC(=O)c2ccc(C(=O)NCc3ccco3)cc2)c1. The molecule has 5 nitrogen and oxygen atoms in total. The molecule has 0 unspecified atom stereocenters. The van der Waals surface area contributed by atoms with Crippen LogP contribution in [0.15, 0.2) is 71.3 Å². The molecule has 5 heteroatoms. The lowest BCUT2D eigenvalue weighted by Gasteiger charge is -2.07. The van der Waals surface area contributed by atoms with Gasteiger partial charge in [-0.2, -0.15) is 0 Å². The summed E-state index contributed by atoms with van der Waals surface area (Å²) >= 11 is 0. The van der Waals surface area contributed by atoms with Crippen LogP contribution in [-0.4, -0.2) is 11.8 Å². The van der Waals surface area contributed by atoms with E-state index in [2.05, 4.69) is 10.6 Å². The van der Waals surface area contributed by atoms with E-state index in [0.29, 0.717) is 23.4 Å². The Morgan fingerprint density at radius 3 is 2.28 bits per heavy atom. The molecule has 126 valence electrons. The molecule has 1 aromatic heterocycles. The zero-order valence-electron chi connectivity index (χ0n) is 13.8. The molecule has 0 radical (unpaired) electrons. The molecule has 0 aliphatic heterocycles. The van der Waals surface area contributed by atoms with Crippen molar-refractivity contribution in [2.24, 2.45) is 0 Å². The first-order chi connectivity index (χ1) is 12.1. The van der Waals surface area contributed by atoms with Crippen LogP contribution in [0, 0.1) is 6.92 Å².